The lowest BCUT2D eigenvalue weighted by Crippen LogP contribution is -2.38. The highest BCUT2D eigenvalue weighted by atomic mass is 32.2. The van der Waals surface area contributed by atoms with E-state index in [9.17, 15) is 13.2 Å². The summed E-state index contributed by atoms with van der Waals surface area (Å²) in [7, 11) is -3.88. The Morgan fingerprint density at radius 2 is 1.69 bits per heavy atom. The number of primary amides is 1. The van der Waals surface area contributed by atoms with E-state index in [0.717, 1.165) is 15.4 Å². The predicted molar refractivity (Wildman–Crippen MR) is 103 cm³/mol. The first-order valence-corrected chi connectivity index (χ1v) is 9.89. The van der Waals surface area contributed by atoms with Gasteiger partial charge in [-0.3, -0.25) is 4.79 Å². The predicted octanol–water partition coefficient (Wildman–Crippen LogP) is 2.97. The molecule has 1 amide bonds. The molecule has 0 unspecified atom stereocenters. The lowest BCUT2D eigenvalue weighted by atomic mass is 9.87. The number of benzene rings is 2. The van der Waals surface area contributed by atoms with Crippen LogP contribution in [0.4, 0.5) is 0 Å². The number of nitrogens with two attached hydrogens (primary N) is 1. The summed E-state index contributed by atoms with van der Waals surface area (Å²) in [5, 5.41) is 0. The molecule has 0 aliphatic rings. The molecule has 0 aliphatic carbocycles. The van der Waals surface area contributed by atoms with E-state index >= 15 is 0 Å². The molecule has 2 rings (SSSR count). The minimum Gasteiger partial charge on any atom is -0.369 e. The van der Waals surface area contributed by atoms with Crippen LogP contribution in [0, 0.1) is 6.92 Å². The highest BCUT2D eigenvalue weighted by Crippen LogP contribution is 2.28. The third-order valence-electron chi connectivity index (χ3n) is 4.21. The summed E-state index contributed by atoms with van der Waals surface area (Å²) in [5.41, 5.74) is 7.48. The molecule has 0 heterocycles. The average Bonchev–Trinajstić information content (AvgIpc) is 2.54. The Morgan fingerprint density at radius 3 is 2.23 bits per heavy atom. The van der Waals surface area contributed by atoms with Crippen LogP contribution in [0.5, 0.6) is 0 Å². The largest absolute Gasteiger partial charge is 0.369 e. The van der Waals surface area contributed by atoms with Crippen molar-refractivity contribution in [2.24, 2.45) is 5.73 Å². The Kier molecular flexibility index (Phi) is 5.88. The summed E-state index contributed by atoms with van der Waals surface area (Å²) in [6.07, 6.45) is 0. The molecule has 26 heavy (non-hydrogen) atoms. The van der Waals surface area contributed by atoms with Crippen molar-refractivity contribution in [1.82, 2.24) is 4.31 Å². The number of hydrogen-bond acceptors (Lipinski definition) is 3. The maximum Gasteiger partial charge on any atom is 0.244 e. The van der Waals surface area contributed by atoms with Crippen LogP contribution in [0.25, 0.3) is 0 Å². The van der Waals surface area contributed by atoms with Gasteiger partial charge in [-0.15, -0.1) is 0 Å². The third kappa shape index (κ3) is 4.71. The van der Waals surface area contributed by atoms with Crippen molar-refractivity contribution in [1.29, 1.82) is 0 Å². The van der Waals surface area contributed by atoms with E-state index in [4.69, 9.17) is 5.73 Å². The quantitative estimate of drug-likeness (QED) is 0.844. The van der Waals surface area contributed by atoms with Gasteiger partial charge in [0.2, 0.25) is 15.9 Å². The molecule has 140 valence electrons. The van der Waals surface area contributed by atoms with Gasteiger partial charge in [-0.25, -0.2) is 8.42 Å². The lowest BCUT2D eigenvalue weighted by molar-refractivity contribution is -0.118. The van der Waals surface area contributed by atoms with Crippen molar-refractivity contribution in [2.75, 3.05) is 6.54 Å². The van der Waals surface area contributed by atoms with Gasteiger partial charge in [0.1, 0.15) is 0 Å². The van der Waals surface area contributed by atoms with Gasteiger partial charge in [0.05, 0.1) is 11.4 Å². The van der Waals surface area contributed by atoms with Crippen LogP contribution in [-0.4, -0.2) is 25.2 Å². The maximum atomic E-state index is 13.3. The minimum absolute atomic E-state index is 0.0886. The molecular weight excluding hydrogens is 348 g/mol. The molecule has 0 spiro atoms. The second-order valence-electron chi connectivity index (χ2n) is 7.46. The van der Waals surface area contributed by atoms with Gasteiger partial charge in [0, 0.05) is 6.54 Å². The first-order valence-electron chi connectivity index (χ1n) is 8.45. The van der Waals surface area contributed by atoms with Crippen molar-refractivity contribution in [3.63, 3.8) is 0 Å². The molecule has 0 saturated carbocycles. The molecule has 0 bridgehead atoms. The molecule has 0 aromatic heterocycles. The van der Waals surface area contributed by atoms with Gasteiger partial charge in [-0.2, -0.15) is 4.31 Å². The van der Waals surface area contributed by atoms with Crippen molar-refractivity contribution >= 4 is 15.9 Å². The smallest absolute Gasteiger partial charge is 0.244 e. The van der Waals surface area contributed by atoms with E-state index in [1.807, 2.05) is 57.2 Å². The van der Waals surface area contributed by atoms with Crippen LogP contribution in [0.15, 0.2) is 53.4 Å². The van der Waals surface area contributed by atoms with E-state index in [0.29, 0.717) is 5.56 Å². The van der Waals surface area contributed by atoms with Gasteiger partial charge in [0.15, 0.2) is 0 Å². The van der Waals surface area contributed by atoms with Crippen molar-refractivity contribution in [2.45, 2.75) is 44.6 Å². The van der Waals surface area contributed by atoms with Crippen LogP contribution >= 0.6 is 0 Å². The van der Waals surface area contributed by atoms with E-state index in [1.165, 1.54) is 0 Å². The Balaban J connectivity index is 2.51. The molecule has 5 nitrogen and oxygen atoms in total. The second kappa shape index (κ2) is 7.60. The van der Waals surface area contributed by atoms with Crippen LogP contribution < -0.4 is 5.73 Å². The topological polar surface area (TPSA) is 80.5 Å². The lowest BCUT2D eigenvalue weighted by Gasteiger charge is -2.25. The van der Waals surface area contributed by atoms with Crippen molar-refractivity contribution in [3.8, 4) is 0 Å². The molecule has 0 fully saturated rings. The fourth-order valence-electron chi connectivity index (χ4n) is 2.67. The SMILES string of the molecule is Cc1ccc(C(C)(C)C)cc1S(=O)(=O)N(CC(N)=O)Cc1ccccc1. The average molecular weight is 375 g/mol. The summed E-state index contributed by atoms with van der Waals surface area (Å²) in [6, 6.07) is 14.6. The molecule has 0 atom stereocenters. The van der Waals surface area contributed by atoms with E-state index in [1.54, 1.807) is 19.1 Å². The zero-order valence-electron chi connectivity index (χ0n) is 15.7. The first-order chi connectivity index (χ1) is 12.0. The highest BCUT2D eigenvalue weighted by molar-refractivity contribution is 7.89. The van der Waals surface area contributed by atoms with Gasteiger partial charge in [0.25, 0.3) is 0 Å². The third-order valence-corrected chi connectivity index (χ3v) is 6.14. The Hall–Kier alpha value is -2.18. The van der Waals surface area contributed by atoms with Gasteiger partial charge in [-0.05, 0) is 35.1 Å². The number of carbonyl (C=O) groups excluding carboxylic acids is 1. The minimum atomic E-state index is -3.88. The Morgan fingerprint density at radius 1 is 1.08 bits per heavy atom. The van der Waals surface area contributed by atoms with Gasteiger partial charge >= 0.3 is 0 Å². The van der Waals surface area contributed by atoms with Crippen LogP contribution in [0.3, 0.4) is 0 Å². The number of sulfonamides is 1. The molecule has 6 heteroatoms. The summed E-state index contributed by atoms with van der Waals surface area (Å²) in [4.78, 5) is 11.7. The fourth-order valence-corrected chi connectivity index (χ4v) is 4.32. The number of carbonyl (C=O) groups is 1. The summed E-state index contributed by atoms with van der Waals surface area (Å²) in [6.45, 7) is 7.56. The number of aryl methyl sites for hydroxylation is 1. The standard InChI is InChI=1S/C20H26N2O3S/c1-15-10-11-17(20(2,3)4)12-18(15)26(24,25)22(14-19(21)23)13-16-8-6-5-7-9-16/h5-12H,13-14H2,1-4H3,(H2,21,23). The molecule has 2 N–H and O–H groups in total. The number of nitrogens with zero attached hydrogens (tertiary/aromatic N) is 1. The van der Waals surface area contributed by atoms with E-state index in [2.05, 4.69) is 0 Å². The second-order valence-corrected chi connectivity index (χ2v) is 9.36. The molecule has 0 radical (unpaired) electrons. The molecule has 2 aromatic rings. The zero-order valence-corrected chi connectivity index (χ0v) is 16.5. The van der Waals surface area contributed by atoms with Gasteiger partial charge in [-0.1, -0.05) is 63.2 Å². The monoisotopic (exact) mass is 374 g/mol. The van der Waals surface area contributed by atoms with Crippen LogP contribution in [-0.2, 0) is 26.8 Å². The Bertz CT molecular complexity index is 885. The molecule has 0 aliphatic heterocycles. The van der Waals surface area contributed by atoms with E-state index < -0.39 is 15.9 Å². The normalized spacial score (nSPS) is 12.3. The summed E-state index contributed by atoms with van der Waals surface area (Å²) >= 11 is 0. The fraction of sp³-hybridized carbons (Fsp3) is 0.350. The van der Waals surface area contributed by atoms with Crippen molar-refractivity contribution < 1.29 is 13.2 Å². The molecule has 0 saturated heterocycles. The maximum absolute atomic E-state index is 13.3. The number of hydrogen-bond donors (Lipinski definition) is 1. The Labute approximate surface area is 155 Å². The molecule has 2 aromatic carbocycles. The van der Waals surface area contributed by atoms with Crippen molar-refractivity contribution in [3.05, 3.63) is 65.2 Å². The molecular formula is C20H26N2O3S. The highest BCUT2D eigenvalue weighted by Gasteiger charge is 2.29. The van der Waals surface area contributed by atoms with Crippen LogP contribution in [0.1, 0.15) is 37.5 Å². The van der Waals surface area contributed by atoms with Crippen LogP contribution in [0.2, 0.25) is 0 Å². The summed E-state index contributed by atoms with van der Waals surface area (Å²) < 4.78 is 27.7. The zero-order chi connectivity index (χ0) is 19.5. The van der Waals surface area contributed by atoms with Gasteiger partial charge < -0.3 is 5.73 Å². The summed E-state index contributed by atoms with van der Waals surface area (Å²) in [5.74, 6) is -0.686. The first kappa shape index (κ1) is 20.1. The number of amides is 1. The van der Waals surface area contributed by atoms with E-state index in [-0.39, 0.29) is 23.4 Å². The number of rotatable bonds is 6.